The number of fused-ring (bicyclic) bond motifs is 1. The summed E-state index contributed by atoms with van der Waals surface area (Å²) in [4.78, 5) is 23.9. The number of anilines is 1. The number of hydrogen-bond acceptors (Lipinski definition) is 7. The van der Waals surface area contributed by atoms with Crippen molar-refractivity contribution < 1.29 is 9.13 Å². The molecule has 2 N–H and O–H groups in total. The molecule has 0 saturated carbocycles. The molecule has 4 heterocycles. The van der Waals surface area contributed by atoms with Gasteiger partial charge in [0.1, 0.15) is 12.0 Å². The molecular formula is C18H16FN7O. The Hall–Kier alpha value is -3.62. The smallest absolute Gasteiger partial charge is 0.250 e. The van der Waals surface area contributed by atoms with E-state index in [9.17, 15) is 4.39 Å². The maximum Gasteiger partial charge on any atom is 0.250 e. The van der Waals surface area contributed by atoms with E-state index in [4.69, 9.17) is 4.74 Å². The quantitative estimate of drug-likeness (QED) is 0.541. The molecule has 0 unspecified atom stereocenters. The molecule has 0 bridgehead atoms. The number of methoxy groups -OCH3 is 1. The highest BCUT2D eigenvalue weighted by Crippen LogP contribution is 2.18. The van der Waals surface area contributed by atoms with Crippen molar-refractivity contribution in [3.63, 3.8) is 0 Å². The van der Waals surface area contributed by atoms with Gasteiger partial charge in [0.05, 0.1) is 7.11 Å². The number of pyridine rings is 1. The SMILES string of the molecule is COc1ncc(CNc2ncc(Cc3c[nH]c4ncncc34)cn2)cc1F. The summed E-state index contributed by atoms with van der Waals surface area (Å²) in [6.07, 6.45) is 10.9. The van der Waals surface area contributed by atoms with Crippen molar-refractivity contribution in [2.75, 3.05) is 12.4 Å². The summed E-state index contributed by atoms with van der Waals surface area (Å²) < 4.78 is 18.5. The lowest BCUT2D eigenvalue weighted by Crippen LogP contribution is -2.05. The van der Waals surface area contributed by atoms with Crippen LogP contribution >= 0.6 is 0 Å². The Morgan fingerprint density at radius 3 is 2.67 bits per heavy atom. The summed E-state index contributed by atoms with van der Waals surface area (Å²) in [5.41, 5.74) is 3.51. The Labute approximate surface area is 153 Å². The Balaban J connectivity index is 1.41. The van der Waals surface area contributed by atoms with E-state index < -0.39 is 5.82 Å². The molecule has 0 fully saturated rings. The first-order valence-electron chi connectivity index (χ1n) is 8.22. The fraction of sp³-hybridized carbons (Fsp3) is 0.167. The zero-order chi connectivity index (χ0) is 18.6. The van der Waals surface area contributed by atoms with Crippen LogP contribution in [0.5, 0.6) is 5.88 Å². The van der Waals surface area contributed by atoms with Gasteiger partial charge in [-0.1, -0.05) is 0 Å². The molecule has 136 valence electrons. The van der Waals surface area contributed by atoms with Crippen molar-refractivity contribution in [3.8, 4) is 5.88 Å². The summed E-state index contributed by atoms with van der Waals surface area (Å²) in [7, 11) is 1.38. The van der Waals surface area contributed by atoms with Gasteiger partial charge in [0, 0.05) is 49.3 Å². The minimum atomic E-state index is -0.504. The Morgan fingerprint density at radius 2 is 1.89 bits per heavy atom. The van der Waals surface area contributed by atoms with Gasteiger partial charge in [0.25, 0.3) is 0 Å². The number of hydrogen-bond donors (Lipinski definition) is 2. The predicted molar refractivity (Wildman–Crippen MR) is 96.8 cm³/mol. The minimum absolute atomic E-state index is 0.0259. The molecule has 8 nitrogen and oxygen atoms in total. The van der Waals surface area contributed by atoms with E-state index in [1.54, 1.807) is 24.8 Å². The third-order valence-electron chi connectivity index (χ3n) is 4.05. The number of H-pyrrole nitrogens is 1. The van der Waals surface area contributed by atoms with Crippen LogP contribution in [0.3, 0.4) is 0 Å². The van der Waals surface area contributed by atoms with E-state index >= 15 is 0 Å². The molecule has 4 rings (SSSR count). The first-order chi connectivity index (χ1) is 13.2. The van der Waals surface area contributed by atoms with Crippen LogP contribution in [0.1, 0.15) is 16.7 Å². The monoisotopic (exact) mass is 365 g/mol. The summed E-state index contributed by atoms with van der Waals surface area (Å²) in [6.45, 7) is 0.354. The molecule has 0 spiro atoms. The molecule has 0 aliphatic heterocycles. The van der Waals surface area contributed by atoms with Gasteiger partial charge in [0.2, 0.25) is 11.8 Å². The number of nitrogens with zero attached hydrogens (tertiary/aromatic N) is 5. The molecule has 0 saturated heterocycles. The molecule has 0 radical (unpaired) electrons. The standard InChI is InChI=1S/C18H16FN7O/c1-27-17-15(19)3-12(4-22-17)7-25-18-23-5-11(6-24-18)2-13-8-21-16-14(13)9-20-10-26-16/h3-6,8-10H,2,7H2,1H3,(H,20,21,26)(H,23,24,25). The van der Waals surface area contributed by atoms with Gasteiger partial charge in [0.15, 0.2) is 5.82 Å². The van der Waals surface area contributed by atoms with Crippen molar-refractivity contribution in [2.24, 2.45) is 0 Å². The average Bonchev–Trinajstić information content (AvgIpc) is 3.10. The number of halogens is 1. The zero-order valence-corrected chi connectivity index (χ0v) is 14.5. The average molecular weight is 365 g/mol. The number of ether oxygens (including phenoxy) is 1. The van der Waals surface area contributed by atoms with Crippen molar-refractivity contribution in [1.82, 2.24) is 29.9 Å². The number of aromatic nitrogens is 6. The lowest BCUT2D eigenvalue weighted by molar-refractivity contribution is 0.368. The van der Waals surface area contributed by atoms with E-state index in [0.717, 1.165) is 22.2 Å². The van der Waals surface area contributed by atoms with Crippen molar-refractivity contribution in [2.45, 2.75) is 13.0 Å². The summed E-state index contributed by atoms with van der Waals surface area (Å²) in [5, 5.41) is 4.03. The van der Waals surface area contributed by atoms with E-state index in [1.807, 2.05) is 6.20 Å². The van der Waals surface area contributed by atoms with Crippen LogP contribution in [0, 0.1) is 5.82 Å². The zero-order valence-electron chi connectivity index (χ0n) is 14.5. The lowest BCUT2D eigenvalue weighted by atomic mass is 10.1. The number of rotatable bonds is 6. The molecule has 27 heavy (non-hydrogen) atoms. The fourth-order valence-corrected chi connectivity index (χ4v) is 2.71. The summed E-state index contributed by atoms with van der Waals surface area (Å²) in [5.74, 6) is -0.0740. The molecule has 0 aliphatic rings. The molecule has 4 aromatic rings. The molecule has 0 aliphatic carbocycles. The molecule has 0 amide bonds. The van der Waals surface area contributed by atoms with Gasteiger partial charge in [-0.05, 0) is 22.8 Å². The Morgan fingerprint density at radius 1 is 1.07 bits per heavy atom. The predicted octanol–water partition coefficient (Wildman–Crippen LogP) is 2.49. The fourth-order valence-electron chi connectivity index (χ4n) is 2.71. The molecule has 0 aromatic carbocycles. The second-order valence-electron chi connectivity index (χ2n) is 5.88. The third-order valence-corrected chi connectivity index (χ3v) is 4.05. The molecule has 9 heteroatoms. The van der Waals surface area contributed by atoms with E-state index in [-0.39, 0.29) is 5.88 Å². The van der Waals surface area contributed by atoms with Crippen LogP contribution in [0.15, 0.2) is 43.4 Å². The normalized spacial score (nSPS) is 10.9. The first kappa shape index (κ1) is 16.8. The highest BCUT2D eigenvalue weighted by Gasteiger charge is 2.08. The third kappa shape index (κ3) is 3.66. The molecular weight excluding hydrogens is 349 g/mol. The second kappa shape index (κ2) is 7.32. The van der Waals surface area contributed by atoms with Crippen molar-refractivity contribution >= 4 is 17.0 Å². The Kier molecular flexibility index (Phi) is 4.56. The van der Waals surface area contributed by atoms with E-state index in [0.29, 0.717) is 24.5 Å². The molecule has 0 atom stereocenters. The summed E-state index contributed by atoms with van der Waals surface area (Å²) >= 11 is 0. The maximum absolute atomic E-state index is 13.7. The van der Waals surface area contributed by atoms with Crippen LogP contribution in [-0.4, -0.2) is 37.0 Å². The van der Waals surface area contributed by atoms with Crippen molar-refractivity contribution in [1.29, 1.82) is 0 Å². The van der Waals surface area contributed by atoms with Crippen LogP contribution in [0.4, 0.5) is 10.3 Å². The topological polar surface area (TPSA) is 102 Å². The van der Waals surface area contributed by atoms with Crippen LogP contribution < -0.4 is 10.1 Å². The number of nitrogens with one attached hydrogen (secondary N) is 2. The van der Waals surface area contributed by atoms with Gasteiger partial charge in [-0.25, -0.2) is 29.3 Å². The highest BCUT2D eigenvalue weighted by molar-refractivity contribution is 5.78. The van der Waals surface area contributed by atoms with E-state index in [1.165, 1.54) is 19.5 Å². The van der Waals surface area contributed by atoms with Gasteiger partial charge in [-0.2, -0.15) is 0 Å². The van der Waals surface area contributed by atoms with Gasteiger partial charge in [-0.3, -0.25) is 0 Å². The summed E-state index contributed by atoms with van der Waals surface area (Å²) in [6, 6.07) is 1.37. The highest BCUT2D eigenvalue weighted by atomic mass is 19.1. The lowest BCUT2D eigenvalue weighted by Gasteiger charge is -2.07. The number of aromatic amines is 1. The van der Waals surface area contributed by atoms with Gasteiger partial charge < -0.3 is 15.0 Å². The van der Waals surface area contributed by atoms with Crippen LogP contribution in [-0.2, 0) is 13.0 Å². The van der Waals surface area contributed by atoms with Gasteiger partial charge in [-0.15, -0.1) is 0 Å². The Bertz CT molecular complexity index is 1060. The van der Waals surface area contributed by atoms with Crippen LogP contribution in [0.25, 0.3) is 11.0 Å². The largest absolute Gasteiger partial charge is 0.479 e. The van der Waals surface area contributed by atoms with Crippen LogP contribution in [0.2, 0.25) is 0 Å². The molecule has 4 aromatic heterocycles. The van der Waals surface area contributed by atoms with Crippen molar-refractivity contribution in [3.05, 3.63) is 65.9 Å². The minimum Gasteiger partial charge on any atom is -0.479 e. The maximum atomic E-state index is 13.7. The van der Waals surface area contributed by atoms with E-state index in [2.05, 4.69) is 35.2 Å². The van der Waals surface area contributed by atoms with Gasteiger partial charge >= 0.3 is 0 Å². The second-order valence-corrected chi connectivity index (χ2v) is 5.88. The first-order valence-corrected chi connectivity index (χ1v) is 8.22.